The minimum Gasteiger partial charge on any atom is -0.393 e. The maximum absolute atomic E-state index is 12.7. The Balaban J connectivity index is 1.90. The van der Waals surface area contributed by atoms with E-state index in [4.69, 9.17) is 18.0 Å². The largest absolute Gasteiger partial charge is 0.393 e. The van der Waals surface area contributed by atoms with E-state index in [9.17, 15) is 9.18 Å². The Morgan fingerprint density at radius 2 is 2.00 bits per heavy atom. The molecule has 1 aromatic rings. The number of urea groups is 1. The van der Waals surface area contributed by atoms with Crippen LogP contribution in [0, 0.1) is 11.7 Å². The second kappa shape index (κ2) is 5.97. The van der Waals surface area contributed by atoms with Crippen LogP contribution >= 0.6 is 12.2 Å². The Kier molecular flexibility index (Phi) is 4.31. The van der Waals surface area contributed by atoms with E-state index in [-0.39, 0.29) is 23.8 Å². The standard InChI is InChI=1S/C13H16FN3OS/c14-8-4-6-9(7-5-8)16-13(18)17-11-3-1-2-10(11)12(15)19/h4-7,10-11H,1-3H2,(H2,15,19)(H2,16,17,18). The fourth-order valence-corrected chi connectivity index (χ4v) is 2.62. The number of nitrogens with one attached hydrogen (secondary N) is 2. The van der Waals surface area contributed by atoms with E-state index in [2.05, 4.69) is 10.6 Å². The fourth-order valence-electron chi connectivity index (χ4n) is 2.34. The topological polar surface area (TPSA) is 67.1 Å². The predicted molar refractivity (Wildman–Crippen MR) is 76.5 cm³/mol. The molecule has 0 bridgehead atoms. The molecule has 0 aromatic heterocycles. The SMILES string of the molecule is NC(=S)C1CCCC1NC(=O)Nc1ccc(F)cc1. The summed E-state index contributed by atoms with van der Waals surface area (Å²) in [5.41, 5.74) is 6.20. The number of carbonyl (C=O) groups excluding carboxylic acids is 1. The molecule has 0 saturated heterocycles. The van der Waals surface area contributed by atoms with Gasteiger partial charge in [-0.05, 0) is 37.1 Å². The monoisotopic (exact) mass is 281 g/mol. The van der Waals surface area contributed by atoms with Gasteiger partial charge in [0.15, 0.2) is 0 Å². The average Bonchev–Trinajstić information content (AvgIpc) is 2.80. The summed E-state index contributed by atoms with van der Waals surface area (Å²) < 4.78 is 12.7. The zero-order chi connectivity index (χ0) is 13.8. The van der Waals surface area contributed by atoms with Gasteiger partial charge in [-0.15, -0.1) is 0 Å². The molecule has 1 aliphatic rings. The molecule has 0 spiro atoms. The number of anilines is 1. The number of benzene rings is 1. The first kappa shape index (κ1) is 13.7. The first-order chi connectivity index (χ1) is 9.06. The smallest absolute Gasteiger partial charge is 0.319 e. The summed E-state index contributed by atoms with van der Waals surface area (Å²) in [7, 11) is 0. The van der Waals surface area contributed by atoms with Crippen molar-refractivity contribution in [3.63, 3.8) is 0 Å². The van der Waals surface area contributed by atoms with Crippen molar-refractivity contribution in [2.45, 2.75) is 25.3 Å². The molecule has 4 nitrogen and oxygen atoms in total. The summed E-state index contributed by atoms with van der Waals surface area (Å²) in [6, 6.07) is 5.27. The fraction of sp³-hybridized carbons (Fsp3) is 0.385. The Bertz CT molecular complexity index is 477. The van der Waals surface area contributed by atoms with Gasteiger partial charge in [0.05, 0.1) is 4.99 Å². The van der Waals surface area contributed by atoms with Crippen molar-refractivity contribution in [3.05, 3.63) is 30.1 Å². The third kappa shape index (κ3) is 3.64. The number of hydrogen-bond acceptors (Lipinski definition) is 2. The molecule has 2 rings (SSSR count). The third-order valence-electron chi connectivity index (χ3n) is 3.30. The molecule has 2 amide bonds. The van der Waals surface area contributed by atoms with Crippen LogP contribution in [-0.2, 0) is 0 Å². The third-order valence-corrected chi connectivity index (χ3v) is 3.60. The minimum absolute atomic E-state index is 0.0158. The van der Waals surface area contributed by atoms with Crippen molar-refractivity contribution in [1.82, 2.24) is 5.32 Å². The van der Waals surface area contributed by atoms with Crippen LogP contribution in [0.15, 0.2) is 24.3 Å². The summed E-state index contributed by atoms with van der Waals surface area (Å²) in [5.74, 6) is -0.274. The van der Waals surface area contributed by atoms with E-state index in [1.807, 2.05) is 0 Å². The van der Waals surface area contributed by atoms with Crippen LogP contribution in [0.25, 0.3) is 0 Å². The minimum atomic E-state index is -0.338. The van der Waals surface area contributed by atoms with E-state index in [1.54, 1.807) is 0 Å². The van der Waals surface area contributed by atoms with Crippen LogP contribution < -0.4 is 16.4 Å². The molecule has 0 heterocycles. The molecule has 2 atom stereocenters. The summed E-state index contributed by atoms with van der Waals surface area (Å²) in [4.78, 5) is 12.3. The van der Waals surface area contributed by atoms with E-state index < -0.39 is 0 Å². The van der Waals surface area contributed by atoms with Crippen molar-refractivity contribution >= 4 is 28.9 Å². The molecule has 1 aromatic carbocycles. The van der Waals surface area contributed by atoms with Gasteiger partial charge < -0.3 is 16.4 Å². The second-order valence-electron chi connectivity index (χ2n) is 4.65. The Hall–Kier alpha value is -1.69. The van der Waals surface area contributed by atoms with Crippen molar-refractivity contribution in [2.24, 2.45) is 11.7 Å². The van der Waals surface area contributed by atoms with Crippen LogP contribution in [0.5, 0.6) is 0 Å². The van der Waals surface area contributed by atoms with Crippen LogP contribution in [0.2, 0.25) is 0 Å². The molecule has 4 N–H and O–H groups in total. The maximum Gasteiger partial charge on any atom is 0.319 e. The lowest BCUT2D eigenvalue weighted by Crippen LogP contribution is -2.43. The van der Waals surface area contributed by atoms with E-state index in [0.29, 0.717) is 10.7 Å². The number of thiocarbonyl (C=S) groups is 1. The number of carbonyl (C=O) groups is 1. The van der Waals surface area contributed by atoms with Crippen molar-refractivity contribution < 1.29 is 9.18 Å². The van der Waals surface area contributed by atoms with Gasteiger partial charge in [-0.1, -0.05) is 18.6 Å². The normalized spacial score (nSPS) is 21.9. The predicted octanol–water partition coefficient (Wildman–Crippen LogP) is 2.40. The molecular formula is C13H16FN3OS. The summed E-state index contributed by atoms with van der Waals surface area (Å²) in [6.45, 7) is 0. The van der Waals surface area contributed by atoms with Gasteiger partial charge in [0.2, 0.25) is 0 Å². The molecule has 1 aliphatic carbocycles. The molecular weight excluding hydrogens is 265 g/mol. The molecule has 102 valence electrons. The van der Waals surface area contributed by atoms with Crippen LogP contribution in [-0.4, -0.2) is 17.1 Å². The van der Waals surface area contributed by atoms with E-state index in [0.717, 1.165) is 19.3 Å². The highest BCUT2D eigenvalue weighted by atomic mass is 32.1. The number of nitrogens with two attached hydrogens (primary N) is 1. The Morgan fingerprint density at radius 3 is 2.63 bits per heavy atom. The summed E-state index contributed by atoms with van der Waals surface area (Å²) in [5, 5.41) is 5.52. The molecule has 0 radical (unpaired) electrons. The number of rotatable bonds is 3. The van der Waals surface area contributed by atoms with Gasteiger partial charge in [-0.2, -0.15) is 0 Å². The zero-order valence-electron chi connectivity index (χ0n) is 10.4. The van der Waals surface area contributed by atoms with Crippen molar-refractivity contribution in [1.29, 1.82) is 0 Å². The first-order valence-corrected chi connectivity index (χ1v) is 6.59. The lowest BCUT2D eigenvalue weighted by molar-refractivity contribution is 0.247. The second-order valence-corrected chi connectivity index (χ2v) is 5.12. The van der Waals surface area contributed by atoms with Crippen LogP contribution in [0.3, 0.4) is 0 Å². The highest BCUT2D eigenvalue weighted by molar-refractivity contribution is 7.80. The van der Waals surface area contributed by atoms with Gasteiger partial charge in [0, 0.05) is 17.6 Å². The first-order valence-electron chi connectivity index (χ1n) is 6.18. The Labute approximate surface area is 116 Å². The zero-order valence-corrected chi connectivity index (χ0v) is 11.2. The van der Waals surface area contributed by atoms with Gasteiger partial charge >= 0.3 is 6.03 Å². The highest BCUT2D eigenvalue weighted by Crippen LogP contribution is 2.26. The van der Waals surface area contributed by atoms with Crippen molar-refractivity contribution in [2.75, 3.05) is 5.32 Å². The summed E-state index contributed by atoms with van der Waals surface area (Å²) >= 11 is 4.99. The Morgan fingerprint density at radius 1 is 1.32 bits per heavy atom. The van der Waals surface area contributed by atoms with E-state index >= 15 is 0 Å². The molecule has 19 heavy (non-hydrogen) atoms. The molecule has 6 heteroatoms. The van der Waals surface area contributed by atoms with Gasteiger partial charge in [0.25, 0.3) is 0 Å². The maximum atomic E-state index is 12.7. The number of amides is 2. The van der Waals surface area contributed by atoms with Gasteiger partial charge in [0.1, 0.15) is 5.82 Å². The lowest BCUT2D eigenvalue weighted by Gasteiger charge is -2.20. The number of halogens is 1. The van der Waals surface area contributed by atoms with E-state index in [1.165, 1.54) is 24.3 Å². The molecule has 0 aliphatic heterocycles. The highest BCUT2D eigenvalue weighted by Gasteiger charge is 2.30. The number of hydrogen-bond donors (Lipinski definition) is 3. The summed E-state index contributed by atoms with van der Waals surface area (Å²) in [6.07, 6.45) is 2.79. The van der Waals surface area contributed by atoms with Crippen LogP contribution in [0.1, 0.15) is 19.3 Å². The van der Waals surface area contributed by atoms with Gasteiger partial charge in [-0.3, -0.25) is 0 Å². The molecule has 1 saturated carbocycles. The van der Waals surface area contributed by atoms with Crippen LogP contribution in [0.4, 0.5) is 14.9 Å². The van der Waals surface area contributed by atoms with Gasteiger partial charge in [-0.25, -0.2) is 9.18 Å². The average molecular weight is 281 g/mol. The van der Waals surface area contributed by atoms with Crippen molar-refractivity contribution in [3.8, 4) is 0 Å². The molecule has 2 unspecified atom stereocenters. The lowest BCUT2D eigenvalue weighted by atomic mass is 10.0. The molecule has 1 fully saturated rings. The quantitative estimate of drug-likeness (QED) is 0.745.